The molecule has 0 saturated carbocycles. The predicted octanol–water partition coefficient (Wildman–Crippen LogP) is 1.60. The number of ether oxygens (including phenoxy) is 1. The van der Waals surface area contributed by atoms with Crippen LogP contribution in [-0.4, -0.2) is 54.5 Å². The van der Waals surface area contributed by atoms with E-state index in [0.717, 1.165) is 19.5 Å². The maximum atomic E-state index is 12.1. The van der Waals surface area contributed by atoms with Crippen molar-refractivity contribution >= 4 is 6.09 Å². The molecule has 0 spiro atoms. The van der Waals surface area contributed by atoms with E-state index in [9.17, 15) is 9.90 Å². The lowest BCUT2D eigenvalue weighted by atomic mass is 9.84. The maximum Gasteiger partial charge on any atom is 0.410 e. The molecular formula is C14H28N2O3. The van der Waals surface area contributed by atoms with Gasteiger partial charge in [0.2, 0.25) is 0 Å². The molecule has 1 aliphatic rings. The molecule has 0 aromatic carbocycles. The van der Waals surface area contributed by atoms with E-state index in [0.29, 0.717) is 19.5 Å². The van der Waals surface area contributed by atoms with Crippen LogP contribution in [0.4, 0.5) is 4.79 Å². The summed E-state index contributed by atoms with van der Waals surface area (Å²) in [5, 5.41) is 13.5. The summed E-state index contributed by atoms with van der Waals surface area (Å²) in [5.74, 6) is 0. The van der Waals surface area contributed by atoms with Crippen LogP contribution in [0.2, 0.25) is 0 Å². The molecule has 5 heteroatoms. The zero-order valence-electron chi connectivity index (χ0n) is 12.6. The van der Waals surface area contributed by atoms with Crippen LogP contribution in [0.25, 0.3) is 0 Å². The molecule has 1 aliphatic heterocycles. The number of hydrogen-bond donors (Lipinski definition) is 2. The van der Waals surface area contributed by atoms with Gasteiger partial charge >= 0.3 is 6.09 Å². The number of rotatable bonds is 4. The van der Waals surface area contributed by atoms with Gasteiger partial charge in [0, 0.05) is 26.2 Å². The fraction of sp³-hybridized carbons (Fsp3) is 0.929. The molecule has 2 unspecified atom stereocenters. The molecule has 2 N–H and O–H groups in total. The molecular weight excluding hydrogens is 244 g/mol. The highest BCUT2D eigenvalue weighted by molar-refractivity contribution is 5.68. The van der Waals surface area contributed by atoms with E-state index in [2.05, 4.69) is 5.32 Å². The van der Waals surface area contributed by atoms with Gasteiger partial charge in [-0.15, -0.1) is 0 Å². The van der Waals surface area contributed by atoms with Gasteiger partial charge in [-0.05, 0) is 11.8 Å². The van der Waals surface area contributed by atoms with Crippen LogP contribution in [0, 0.1) is 5.41 Å². The molecule has 1 amide bonds. The van der Waals surface area contributed by atoms with Crippen molar-refractivity contribution in [3.63, 3.8) is 0 Å². The van der Waals surface area contributed by atoms with E-state index in [1.807, 2.05) is 27.7 Å². The van der Waals surface area contributed by atoms with Gasteiger partial charge in [0.25, 0.3) is 0 Å². The molecule has 0 bridgehead atoms. The number of nitrogens with zero attached hydrogens (tertiary/aromatic N) is 1. The van der Waals surface area contributed by atoms with E-state index in [1.165, 1.54) is 0 Å². The Labute approximate surface area is 116 Å². The topological polar surface area (TPSA) is 61.8 Å². The molecule has 19 heavy (non-hydrogen) atoms. The number of amides is 1. The summed E-state index contributed by atoms with van der Waals surface area (Å²) < 4.78 is 5.53. The highest BCUT2D eigenvalue weighted by atomic mass is 16.6. The number of nitrogens with one attached hydrogen (secondary N) is 1. The van der Waals surface area contributed by atoms with Gasteiger partial charge in [-0.2, -0.15) is 0 Å². The molecule has 0 radical (unpaired) electrons. The van der Waals surface area contributed by atoms with Crippen molar-refractivity contribution in [2.24, 2.45) is 5.41 Å². The molecule has 1 heterocycles. The second kappa shape index (κ2) is 7.10. The molecule has 1 saturated heterocycles. The number of piperazine rings is 1. The second-order valence-corrected chi connectivity index (χ2v) is 6.26. The smallest absolute Gasteiger partial charge is 0.410 e. The van der Waals surface area contributed by atoms with E-state index in [1.54, 1.807) is 4.90 Å². The standard InChI is InChI=1S/C14H28N2O3/c1-5-6-11(12(17)14(2,3)4)19-13(18)16-9-7-15-8-10-16/h11-12,15,17H,5-10H2,1-4H3. The van der Waals surface area contributed by atoms with Crippen molar-refractivity contribution < 1.29 is 14.6 Å². The zero-order valence-corrected chi connectivity index (χ0v) is 12.6. The monoisotopic (exact) mass is 272 g/mol. The van der Waals surface area contributed by atoms with Gasteiger partial charge in [-0.1, -0.05) is 34.1 Å². The van der Waals surface area contributed by atoms with Gasteiger partial charge in [0.05, 0.1) is 6.10 Å². The van der Waals surface area contributed by atoms with Gasteiger partial charge in [0.1, 0.15) is 6.10 Å². The summed E-state index contributed by atoms with van der Waals surface area (Å²) >= 11 is 0. The van der Waals surface area contributed by atoms with Gasteiger partial charge in [-0.25, -0.2) is 4.79 Å². The minimum absolute atomic E-state index is 0.288. The summed E-state index contributed by atoms with van der Waals surface area (Å²) in [7, 11) is 0. The first-order valence-electron chi connectivity index (χ1n) is 7.20. The minimum Gasteiger partial charge on any atom is -0.443 e. The van der Waals surface area contributed by atoms with Crippen molar-refractivity contribution in [2.45, 2.75) is 52.7 Å². The van der Waals surface area contributed by atoms with Crippen LogP contribution in [-0.2, 0) is 4.74 Å². The third-order valence-electron chi connectivity index (χ3n) is 3.44. The molecule has 1 fully saturated rings. The Hall–Kier alpha value is -0.810. The number of carbonyl (C=O) groups is 1. The maximum absolute atomic E-state index is 12.1. The SMILES string of the molecule is CCCC(OC(=O)N1CCNCC1)C(O)C(C)(C)C. The Morgan fingerprint density at radius 1 is 1.37 bits per heavy atom. The quantitative estimate of drug-likeness (QED) is 0.816. The Morgan fingerprint density at radius 3 is 2.42 bits per heavy atom. The third kappa shape index (κ3) is 4.99. The third-order valence-corrected chi connectivity index (χ3v) is 3.44. The molecule has 2 atom stereocenters. The normalized spacial score (nSPS) is 19.9. The predicted molar refractivity (Wildman–Crippen MR) is 75.1 cm³/mol. The molecule has 0 aromatic rings. The fourth-order valence-corrected chi connectivity index (χ4v) is 2.17. The molecule has 0 aliphatic carbocycles. The van der Waals surface area contributed by atoms with Gasteiger partial charge in [0.15, 0.2) is 0 Å². The summed E-state index contributed by atoms with van der Waals surface area (Å²) in [6.07, 6.45) is 0.207. The lowest BCUT2D eigenvalue weighted by Gasteiger charge is -2.34. The average molecular weight is 272 g/mol. The van der Waals surface area contributed by atoms with Crippen LogP contribution < -0.4 is 5.32 Å². The molecule has 5 nitrogen and oxygen atoms in total. The van der Waals surface area contributed by atoms with Gasteiger partial charge in [-0.3, -0.25) is 0 Å². The highest BCUT2D eigenvalue weighted by Crippen LogP contribution is 2.26. The number of aliphatic hydroxyl groups is 1. The Morgan fingerprint density at radius 2 is 1.95 bits per heavy atom. The first-order valence-corrected chi connectivity index (χ1v) is 7.20. The summed E-state index contributed by atoms with van der Waals surface area (Å²) in [5.41, 5.74) is -0.288. The van der Waals surface area contributed by atoms with E-state index >= 15 is 0 Å². The number of aliphatic hydroxyl groups excluding tert-OH is 1. The zero-order chi connectivity index (χ0) is 14.5. The Balaban J connectivity index is 2.59. The molecule has 1 rings (SSSR count). The lowest BCUT2D eigenvalue weighted by molar-refractivity contribution is -0.0626. The first-order chi connectivity index (χ1) is 8.86. The Kier molecular flexibility index (Phi) is 6.07. The Bertz CT molecular complexity index is 283. The van der Waals surface area contributed by atoms with E-state index < -0.39 is 12.2 Å². The van der Waals surface area contributed by atoms with Crippen LogP contribution in [0.5, 0.6) is 0 Å². The van der Waals surface area contributed by atoms with Crippen molar-refractivity contribution in [3.8, 4) is 0 Å². The highest BCUT2D eigenvalue weighted by Gasteiger charge is 2.33. The van der Waals surface area contributed by atoms with Crippen LogP contribution >= 0.6 is 0 Å². The van der Waals surface area contributed by atoms with E-state index in [4.69, 9.17) is 4.74 Å². The fourth-order valence-electron chi connectivity index (χ4n) is 2.17. The van der Waals surface area contributed by atoms with Crippen molar-refractivity contribution in [1.82, 2.24) is 10.2 Å². The van der Waals surface area contributed by atoms with Crippen molar-refractivity contribution in [1.29, 1.82) is 0 Å². The molecule has 0 aromatic heterocycles. The molecule has 112 valence electrons. The van der Waals surface area contributed by atoms with Crippen molar-refractivity contribution in [3.05, 3.63) is 0 Å². The first kappa shape index (κ1) is 16.2. The van der Waals surface area contributed by atoms with Crippen LogP contribution in [0.3, 0.4) is 0 Å². The lowest BCUT2D eigenvalue weighted by Crippen LogP contribution is -2.49. The largest absolute Gasteiger partial charge is 0.443 e. The van der Waals surface area contributed by atoms with Crippen LogP contribution in [0.1, 0.15) is 40.5 Å². The second-order valence-electron chi connectivity index (χ2n) is 6.26. The average Bonchev–Trinajstić information content (AvgIpc) is 2.37. The number of hydrogen-bond acceptors (Lipinski definition) is 4. The van der Waals surface area contributed by atoms with Crippen LogP contribution in [0.15, 0.2) is 0 Å². The van der Waals surface area contributed by atoms with E-state index in [-0.39, 0.29) is 11.5 Å². The summed E-state index contributed by atoms with van der Waals surface area (Å²) in [4.78, 5) is 13.8. The minimum atomic E-state index is -0.640. The summed E-state index contributed by atoms with van der Waals surface area (Å²) in [6, 6.07) is 0. The van der Waals surface area contributed by atoms with Gasteiger partial charge < -0.3 is 20.1 Å². The number of carbonyl (C=O) groups excluding carboxylic acids is 1. The van der Waals surface area contributed by atoms with Crippen molar-refractivity contribution in [2.75, 3.05) is 26.2 Å². The summed E-state index contributed by atoms with van der Waals surface area (Å²) in [6.45, 7) is 10.8.